The molecule has 0 saturated heterocycles. The highest BCUT2D eigenvalue weighted by Gasteiger charge is 2.49. The van der Waals surface area contributed by atoms with Crippen molar-refractivity contribution >= 4 is 23.5 Å². The van der Waals surface area contributed by atoms with Crippen LogP contribution in [0.4, 0.5) is 18.9 Å². The highest BCUT2D eigenvalue weighted by atomic mass is 19.4. The predicted octanol–water partition coefficient (Wildman–Crippen LogP) is 4.54. The molecule has 2 N–H and O–H groups in total. The van der Waals surface area contributed by atoms with Gasteiger partial charge in [-0.15, -0.1) is 0 Å². The van der Waals surface area contributed by atoms with Crippen molar-refractivity contribution in [2.75, 3.05) is 11.9 Å². The number of ether oxygens (including phenoxy) is 1. The van der Waals surface area contributed by atoms with E-state index >= 15 is 0 Å². The van der Waals surface area contributed by atoms with E-state index in [1.54, 1.807) is 42.5 Å². The number of amides is 2. The van der Waals surface area contributed by atoms with Crippen LogP contribution in [0.2, 0.25) is 0 Å². The normalized spacial score (nSPS) is 25.5. The van der Waals surface area contributed by atoms with Crippen LogP contribution in [-0.2, 0) is 9.59 Å². The number of fused-ring (bicyclic) bond motifs is 1. The van der Waals surface area contributed by atoms with Crippen LogP contribution in [0.1, 0.15) is 50.3 Å². The van der Waals surface area contributed by atoms with E-state index in [1.165, 1.54) is 11.0 Å². The highest BCUT2D eigenvalue weighted by Crippen LogP contribution is 2.43. The summed E-state index contributed by atoms with van der Waals surface area (Å²) < 4.78 is 45.5. The van der Waals surface area contributed by atoms with Crippen molar-refractivity contribution in [2.45, 2.75) is 57.0 Å². The summed E-state index contributed by atoms with van der Waals surface area (Å²) in [5.41, 5.74) is 1.05. The number of nitrogens with zero attached hydrogens (tertiary/aromatic N) is 3. The molecule has 2 heterocycles. The fourth-order valence-corrected chi connectivity index (χ4v) is 5.05. The predicted molar refractivity (Wildman–Crippen MR) is 137 cm³/mol. The topological polar surface area (TPSA) is 107 Å². The summed E-state index contributed by atoms with van der Waals surface area (Å²) >= 11 is 0. The number of benzene rings is 2. The Morgan fingerprint density at radius 3 is 2.59 bits per heavy atom. The molecule has 2 unspecified atom stereocenters. The quantitative estimate of drug-likeness (QED) is 0.580. The van der Waals surface area contributed by atoms with Gasteiger partial charge in [0.2, 0.25) is 17.8 Å². The number of halogens is 3. The number of nitrogens with one attached hydrogen (secondary N) is 2. The zero-order valence-electron chi connectivity index (χ0n) is 21.5. The molecule has 5 rings (SSSR count). The van der Waals surface area contributed by atoms with Crippen LogP contribution >= 0.6 is 0 Å². The molecule has 2 amide bonds. The number of hydrogen-bond acceptors (Lipinski definition) is 6. The van der Waals surface area contributed by atoms with Crippen LogP contribution in [-0.4, -0.2) is 47.0 Å². The number of anilines is 1. The van der Waals surface area contributed by atoms with Crippen molar-refractivity contribution in [2.24, 2.45) is 16.8 Å². The number of aliphatic imine (C=N–C) groups is 1. The number of nitriles is 1. The lowest BCUT2D eigenvalue weighted by Crippen LogP contribution is -2.50. The van der Waals surface area contributed by atoms with Crippen LogP contribution < -0.4 is 15.4 Å². The van der Waals surface area contributed by atoms with E-state index in [-0.39, 0.29) is 36.4 Å². The van der Waals surface area contributed by atoms with Crippen LogP contribution in [0.3, 0.4) is 0 Å². The maximum absolute atomic E-state index is 13.5. The van der Waals surface area contributed by atoms with Gasteiger partial charge in [0.25, 0.3) is 0 Å². The number of carbonyl (C=O) groups is 2. The standard InChI is InChI=1S/C28H28F3N5O3/c1-27(2)13-24(37)36(26(35-27)33-18-9-7-16(14-32)8-10-18)15-17-11-20(17)25(38)34-21-12-23(28(29,30)31)39-22-6-4-3-5-19(21)22/h3-10,17,20-21,23H,11-13,15H2,1-2H3,(H,33,35)(H,34,38)/t17?,20?,21-,23-/m0/s1. The Labute approximate surface area is 223 Å². The lowest BCUT2D eigenvalue weighted by molar-refractivity contribution is -0.201. The molecule has 2 aliphatic heterocycles. The Hall–Kier alpha value is -4.07. The van der Waals surface area contributed by atoms with Gasteiger partial charge in [-0.05, 0) is 56.5 Å². The van der Waals surface area contributed by atoms with Crippen molar-refractivity contribution in [3.8, 4) is 11.8 Å². The van der Waals surface area contributed by atoms with Gasteiger partial charge in [0, 0.05) is 30.1 Å². The summed E-state index contributed by atoms with van der Waals surface area (Å²) in [6.07, 6.45) is -6.26. The number of rotatable bonds is 5. The van der Waals surface area contributed by atoms with Crippen molar-refractivity contribution in [3.05, 3.63) is 59.7 Å². The summed E-state index contributed by atoms with van der Waals surface area (Å²) in [5, 5.41) is 15.0. The molecule has 204 valence electrons. The minimum absolute atomic E-state index is 0.111. The molecule has 0 bridgehead atoms. The average Bonchev–Trinajstić information content (AvgIpc) is 3.65. The first-order chi connectivity index (χ1) is 18.4. The lowest BCUT2D eigenvalue weighted by Gasteiger charge is -2.35. The Bertz CT molecular complexity index is 1350. The summed E-state index contributed by atoms with van der Waals surface area (Å²) in [6.45, 7) is 3.97. The van der Waals surface area contributed by atoms with E-state index < -0.39 is 36.2 Å². The number of alkyl halides is 3. The molecule has 2 aromatic carbocycles. The second kappa shape index (κ2) is 9.91. The van der Waals surface area contributed by atoms with Crippen molar-refractivity contribution < 1.29 is 27.5 Å². The summed E-state index contributed by atoms with van der Waals surface area (Å²) in [6, 6.07) is 14.4. The van der Waals surface area contributed by atoms with Crippen molar-refractivity contribution in [1.82, 2.24) is 10.2 Å². The van der Waals surface area contributed by atoms with E-state index in [2.05, 4.69) is 16.7 Å². The first-order valence-electron chi connectivity index (χ1n) is 12.7. The van der Waals surface area contributed by atoms with Gasteiger partial charge in [0.1, 0.15) is 5.75 Å². The molecule has 2 aromatic rings. The molecule has 1 saturated carbocycles. The Morgan fingerprint density at radius 2 is 1.90 bits per heavy atom. The van der Waals surface area contributed by atoms with E-state index in [1.807, 2.05) is 13.8 Å². The second-order valence-corrected chi connectivity index (χ2v) is 10.8. The van der Waals surface area contributed by atoms with Crippen LogP contribution in [0.15, 0.2) is 53.5 Å². The van der Waals surface area contributed by atoms with Gasteiger partial charge in [-0.1, -0.05) is 18.2 Å². The number of guanidine groups is 1. The number of para-hydroxylation sites is 1. The van der Waals surface area contributed by atoms with Crippen LogP contribution in [0.5, 0.6) is 5.75 Å². The third-order valence-electron chi connectivity index (χ3n) is 7.19. The zero-order valence-corrected chi connectivity index (χ0v) is 21.5. The minimum Gasteiger partial charge on any atom is -0.480 e. The Kier molecular flexibility index (Phi) is 6.74. The average molecular weight is 540 g/mol. The number of carbonyl (C=O) groups excluding carboxylic acids is 2. The lowest BCUT2D eigenvalue weighted by atomic mass is 9.96. The Morgan fingerprint density at radius 1 is 1.18 bits per heavy atom. The van der Waals surface area contributed by atoms with E-state index in [0.29, 0.717) is 29.2 Å². The maximum atomic E-state index is 13.5. The van der Waals surface area contributed by atoms with Gasteiger partial charge in [0.15, 0.2) is 6.10 Å². The second-order valence-electron chi connectivity index (χ2n) is 10.8. The highest BCUT2D eigenvalue weighted by molar-refractivity contribution is 6.06. The van der Waals surface area contributed by atoms with Gasteiger partial charge in [-0.3, -0.25) is 14.5 Å². The molecule has 0 aromatic heterocycles. The first kappa shape index (κ1) is 26.5. The third-order valence-corrected chi connectivity index (χ3v) is 7.19. The molecule has 39 heavy (non-hydrogen) atoms. The molecule has 0 spiro atoms. The molecular weight excluding hydrogens is 511 g/mol. The van der Waals surface area contributed by atoms with Gasteiger partial charge in [-0.25, -0.2) is 4.99 Å². The summed E-state index contributed by atoms with van der Waals surface area (Å²) in [7, 11) is 0. The number of hydrogen-bond donors (Lipinski definition) is 2. The van der Waals surface area contributed by atoms with E-state index in [4.69, 9.17) is 15.0 Å². The van der Waals surface area contributed by atoms with Crippen molar-refractivity contribution in [3.63, 3.8) is 0 Å². The molecular formula is C28H28F3N5O3. The molecule has 4 atom stereocenters. The molecule has 1 aliphatic carbocycles. The van der Waals surface area contributed by atoms with Gasteiger partial charge < -0.3 is 15.4 Å². The van der Waals surface area contributed by atoms with Crippen molar-refractivity contribution in [1.29, 1.82) is 5.26 Å². The third kappa shape index (κ3) is 5.85. The van der Waals surface area contributed by atoms with E-state index in [0.717, 1.165) is 0 Å². The molecule has 3 aliphatic rings. The largest absolute Gasteiger partial charge is 0.480 e. The monoisotopic (exact) mass is 539 g/mol. The van der Waals surface area contributed by atoms with Gasteiger partial charge >= 0.3 is 6.18 Å². The fraction of sp³-hybridized carbons (Fsp3) is 0.429. The summed E-state index contributed by atoms with van der Waals surface area (Å²) in [5.74, 6) is -0.590. The summed E-state index contributed by atoms with van der Waals surface area (Å²) in [4.78, 5) is 32.4. The minimum atomic E-state index is -4.56. The SMILES string of the molecule is CC1(C)CC(=O)N(CC2CC2C(=O)N[C@H]2C[C@@H](C(F)(F)F)Oc3ccccc32)C(Nc2ccc(C#N)cc2)=N1. The smallest absolute Gasteiger partial charge is 0.425 e. The van der Waals surface area contributed by atoms with Gasteiger partial charge in [-0.2, -0.15) is 18.4 Å². The Balaban J connectivity index is 1.27. The first-order valence-corrected chi connectivity index (χ1v) is 12.7. The van der Waals surface area contributed by atoms with E-state index in [9.17, 15) is 22.8 Å². The maximum Gasteiger partial charge on any atom is 0.425 e. The van der Waals surface area contributed by atoms with Gasteiger partial charge in [0.05, 0.1) is 29.6 Å². The van der Waals surface area contributed by atoms with Crippen LogP contribution in [0.25, 0.3) is 0 Å². The molecule has 0 radical (unpaired) electrons. The molecule has 11 heteroatoms. The van der Waals surface area contributed by atoms with Crippen LogP contribution in [0, 0.1) is 23.2 Å². The zero-order chi connectivity index (χ0) is 27.9. The molecule has 8 nitrogen and oxygen atoms in total. The fourth-order valence-electron chi connectivity index (χ4n) is 5.05. The molecule has 1 fully saturated rings.